The molecule has 2 rings (SSSR count). The number of nitrogens with one attached hydrogen (secondary N) is 2. The first kappa shape index (κ1) is 12.0. The fourth-order valence-corrected chi connectivity index (χ4v) is 1.43. The number of pyridine rings is 2. The number of hydrogen-bond acceptors (Lipinski definition) is 5. The molecular formula is C12H13N5O. The summed E-state index contributed by atoms with van der Waals surface area (Å²) in [7, 11) is 0. The third kappa shape index (κ3) is 2.80. The van der Waals surface area contributed by atoms with Crippen molar-refractivity contribution in [2.75, 3.05) is 10.7 Å². The predicted octanol–water partition coefficient (Wildman–Crippen LogP) is 1.32. The first-order chi connectivity index (χ1) is 8.69. The summed E-state index contributed by atoms with van der Waals surface area (Å²) in [6.45, 7) is 1.85. The van der Waals surface area contributed by atoms with Gasteiger partial charge in [0.1, 0.15) is 17.3 Å². The van der Waals surface area contributed by atoms with E-state index in [1.165, 1.54) is 0 Å². The van der Waals surface area contributed by atoms with Gasteiger partial charge in [-0.1, -0.05) is 12.1 Å². The van der Waals surface area contributed by atoms with E-state index in [0.29, 0.717) is 11.6 Å². The van der Waals surface area contributed by atoms with Crippen LogP contribution < -0.4 is 16.6 Å². The minimum absolute atomic E-state index is 0.272. The summed E-state index contributed by atoms with van der Waals surface area (Å²) in [5.41, 5.74) is 3.49. The minimum Gasteiger partial charge on any atom is -0.308 e. The second-order valence-corrected chi connectivity index (χ2v) is 3.67. The van der Waals surface area contributed by atoms with E-state index in [9.17, 15) is 4.79 Å². The lowest BCUT2D eigenvalue weighted by atomic mass is 10.3. The number of nitrogens with zero attached hydrogens (tertiary/aromatic N) is 2. The summed E-state index contributed by atoms with van der Waals surface area (Å²) < 4.78 is 0. The monoisotopic (exact) mass is 243 g/mol. The Balaban J connectivity index is 2.16. The molecule has 0 bridgehead atoms. The van der Waals surface area contributed by atoms with Gasteiger partial charge < -0.3 is 10.7 Å². The van der Waals surface area contributed by atoms with Crippen molar-refractivity contribution in [1.29, 1.82) is 0 Å². The molecule has 0 saturated carbocycles. The van der Waals surface area contributed by atoms with Crippen LogP contribution in [0.1, 0.15) is 16.2 Å². The maximum atomic E-state index is 11.9. The molecule has 0 radical (unpaired) electrons. The van der Waals surface area contributed by atoms with Crippen molar-refractivity contribution in [2.45, 2.75) is 6.92 Å². The molecule has 0 spiro atoms. The fraction of sp³-hybridized carbons (Fsp3) is 0.0833. The largest absolute Gasteiger partial charge is 0.308 e. The number of nitrogen functional groups attached to an aromatic ring is 1. The summed E-state index contributed by atoms with van der Waals surface area (Å²) in [5, 5.41) is 2.67. The van der Waals surface area contributed by atoms with Gasteiger partial charge in [0.05, 0.1) is 0 Å². The van der Waals surface area contributed by atoms with Gasteiger partial charge in [-0.2, -0.15) is 0 Å². The van der Waals surface area contributed by atoms with Gasteiger partial charge in [-0.05, 0) is 31.2 Å². The van der Waals surface area contributed by atoms with Gasteiger partial charge >= 0.3 is 0 Å². The number of amides is 1. The van der Waals surface area contributed by atoms with E-state index in [4.69, 9.17) is 5.84 Å². The third-order valence-electron chi connectivity index (χ3n) is 2.26. The Kier molecular flexibility index (Phi) is 3.49. The molecule has 2 heterocycles. The van der Waals surface area contributed by atoms with E-state index in [-0.39, 0.29) is 11.6 Å². The van der Waals surface area contributed by atoms with Crippen molar-refractivity contribution < 1.29 is 4.79 Å². The summed E-state index contributed by atoms with van der Waals surface area (Å²) >= 11 is 0. The number of anilines is 2. The Morgan fingerprint density at radius 3 is 2.56 bits per heavy atom. The molecule has 18 heavy (non-hydrogen) atoms. The van der Waals surface area contributed by atoms with Crippen LogP contribution in [0.5, 0.6) is 0 Å². The highest BCUT2D eigenvalue weighted by atomic mass is 16.1. The number of carbonyl (C=O) groups is 1. The number of aromatic nitrogens is 2. The predicted molar refractivity (Wildman–Crippen MR) is 69.0 cm³/mol. The topological polar surface area (TPSA) is 92.9 Å². The number of hydrogen-bond donors (Lipinski definition) is 3. The van der Waals surface area contributed by atoms with E-state index in [0.717, 1.165) is 5.69 Å². The number of rotatable bonds is 3. The summed E-state index contributed by atoms with van der Waals surface area (Å²) in [6, 6.07) is 10.4. The smallest absolute Gasteiger partial charge is 0.275 e. The molecule has 0 atom stereocenters. The molecule has 0 aliphatic carbocycles. The second-order valence-electron chi connectivity index (χ2n) is 3.67. The Morgan fingerprint density at radius 1 is 1.11 bits per heavy atom. The van der Waals surface area contributed by atoms with E-state index in [2.05, 4.69) is 20.7 Å². The van der Waals surface area contributed by atoms with Gasteiger partial charge in [0, 0.05) is 5.69 Å². The highest BCUT2D eigenvalue weighted by molar-refractivity contribution is 6.02. The minimum atomic E-state index is -0.329. The molecule has 6 heteroatoms. The Hall–Kier alpha value is -2.47. The van der Waals surface area contributed by atoms with Crippen molar-refractivity contribution in [2.24, 2.45) is 5.84 Å². The van der Waals surface area contributed by atoms with E-state index in [1.54, 1.807) is 24.3 Å². The third-order valence-corrected chi connectivity index (χ3v) is 2.26. The van der Waals surface area contributed by atoms with Crippen LogP contribution in [0.25, 0.3) is 0 Å². The molecule has 1 amide bonds. The zero-order valence-corrected chi connectivity index (χ0v) is 9.84. The number of hydrazine groups is 1. The standard InChI is InChI=1S/C12H13N5O/c1-8-4-2-6-10(14-8)16-12(18)9-5-3-7-11(15-9)17-13/h2-7H,13H2,1H3,(H,15,17)(H,14,16,18). The van der Waals surface area contributed by atoms with E-state index >= 15 is 0 Å². The van der Waals surface area contributed by atoms with E-state index < -0.39 is 0 Å². The van der Waals surface area contributed by atoms with Crippen LogP contribution in [0, 0.1) is 6.92 Å². The summed E-state index contributed by atoms with van der Waals surface area (Å²) in [6.07, 6.45) is 0. The molecule has 0 fully saturated rings. The highest BCUT2D eigenvalue weighted by Crippen LogP contribution is 2.08. The molecule has 4 N–H and O–H groups in total. The number of carbonyl (C=O) groups excluding carboxylic acids is 1. The lowest BCUT2D eigenvalue weighted by molar-refractivity contribution is 0.102. The van der Waals surface area contributed by atoms with Crippen LogP contribution in [-0.2, 0) is 0 Å². The van der Waals surface area contributed by atoms with Gasteiger partial charge in [0.2, 0.25) is 0 Å². The van der Waals surface area contributed by atoms with Crippen molar-refractivity contribution >= 4 is 17.5 Å². The van der Waals surface area contributed by atoms with Crippen LogP contribution in [0.3, 0.4) is 0 Å². The lowest BCUT2D eigenvalue weighted by Crippen LogP contribution is -2.16. The molecule has 0 aromatic carbocycles. The first-order valence-corrected chi connectivity index (χ1v) is 5.38. The van der Waals surface area contributed by atoms with Crippen molar-refractivity contribution in [1.82, 2.24) is 9.97 Å². The van der Waals surface area contributed by atoms with Crippen molar-refractivity contribution in [3.8, 4) is 0 Å². The summed E-state index contributed by atoms with van der Waals surface area (Å²) in [5.74, 6) is 5.83. The Labute approximate surface area is 104 Å². The highest BCUT2D eigenvalue weighted by Gasteiger charge is 2.08. The van der Waals surface area contributed by atoms with Gasteiger partial charge in [-0.15, -0.1) is 0 Å². The zero-order chi connectivity index (χ0) is 13.0. The molecule has 6 nitrogen and oxygen atoms in total. The second kappa shape index (κ2) is 5.24. The molecule has 0 aliphatic rings. The molecule has 0 saturated heterocycles. The quantitative estimate of drug-likeness (QED) is 0.558. The molecule has 2 aromatic rings. The van der Waals surface area contributed by atoms with E-state index in [1.807, 2.05) is 19.1 Å². The van der Waals surface area contributed by atoms with Gasteiger partial charge in [-0.3, -0.25) is 4.79 Å². The molecule has 0 unspecified atom stereocenters. The van der Waals surface area contributed by atoms with Crippen molar-refractivity contribution in [3.63, 3.8) is 0 Å². The summed E-state index contributed by atoms with van der Waals surface area (Å²) in [4.78, 5) is 20.1. The van der Waals surface area contributed by atoms with Gasteiger partial charge in [0.25, 0.3) is 5.91 Å². The van der Waals surface area contributed by atoms with Crippen LogP contribution in [0.4, 0.5) is 11.6 Å². The molecule has 92 valence electrons. The SMILES string of the molecule is Cc1cccc(NC(=O)c2cccc(NN)n2)n1. The molecular weight excluding hydrogens is 230 g/mol. The van der Waals surface area contributed by atoms with Crippen LogP contribution in [0.15, 0.2) is 36.4 Å². The van der Waals surface area contributed by atoms with Crippen LogP contribution in [0.2, 0.25) is 0 Å². The normalized spacial score (nSPS) is 9.89. The van der Waals surface area contributed by atoms with Gasteiger partial charge in [-0.25, -0.2) is 15.8 Å². The van der Waals surface area contributed by atoms with Gasteiger partial charge in [0.15, 0.2) is 0 Å². The van der Waals surface area contributed by atoms with Crippen LogP contribution >= 0.6 is 0 Å². The Morgan fingerprint density at radius 2 is 1.83 bits per heavy atom. The van der Waals surface area contributed by atoms with Crippen LogP contribution in [-0.4, -0.2) is 15.9 Å². The molecule has 0 aliphatic heterocycles. The zero-order valence-electron chi connectivity index (χ0n) is 9.84. The average Bonchev–Trinajstić information content (AvgIpc) is 2.39. The Bertz CT molecular complexity index is 570. The lowest BCUT2D eigenvalue weighted by Gasteiger charge is -2.05. The maximum absolute atomic E-state index is 11.9. The average molecular weight is 243 g/mol. The first-order valence-electron chi connectivity index (χ1n) is 5.38. The fourth-order valence-electron chi connectivity index (χ4n) is 1.43. The molecule has 2 aromatic heterocycles. The maximum Gasteiger partial charge on any atom is 0.275 e. The number of nitrogens with two attached hydrogens (primary N) is 1. The van der Waals surface area contributed by atoms with Crippen molar-refractivity contribution in [3.05, 3.63) is 47.8 Å². The number of aryl methyl sites for hydroxylation is 1.